The van der Waals surface area contributed by atoms with Crippen molar-refractivity contribution in [1.29, 1.82) is 0 Å². The Balaban J connectivity index is 1.17. The van der Waals surface area contributed by atoms with Gasteiger partial charge in [0.15, 0.2) is 9.84 Å². The first-order valence-electron chi connectivity index (χ1n) is 11.8. The molecule has 0 radical (unpaired) electrons. The molecule has 3 heterocycles. The summed E-state index contributed by atoms with van der Waals surface area (Å²) >= 11 is 0. The lowest BCUT2D eigenvalue weighted by atomic mass is 9.92. The van der Waals surface area contributed by atoms with Crippen LogP contribution in [-0.4, -0.2) is 48.1 Å². The molecule has 5 rings (SSSR count). The molecule has 0 spiro atoms. The molecule has 0 aliphatic carbocycles. The van der Waals surface area contributed by atoms with E-state index in [1.807, 2.05) is 30.3 Å². The third kappa shape index (κ3) is 5.18. The van der Waals surface area contributed by atoms with E-state index in [-0.39, 0.29) is 28.3 Å². The highest BCUT2D eigenvalue weighted by molar-refractivity contribution is 7.90. The minimum atomic E-state index is -3.62. The minimum Gasteiger partial charge on any atom is -0.338 e. The van der Waals surface area contributed by atoms with Gasteiger partial charge in [0.25, 0.3) is 5.91 Å². The number of sulfone groups is 1. The number of fused-ring (bicyclic) bond motifs is 1. The van der Waals surface area contributed by atoms with Gasteiger partial charge in [-0.2, -0.15) is 0 Å². The standard InChI is InChI=1S/C28H25N3O4S/c32-25(16-24-7-1-2-13-29-24)15-21-17-31(18-21)28(33)23-11-9-20(10-12-23)19-36(34,35)26-8-3-5-22-6-4-14-30-27(22)26/h1-14,21H,15-19H2. The first-order chi connectivity index (χ1) is 17.4. The normalized spacial score (nSPS) is 13.9. The Bertz CT molecular complexity index is 1510. The maximum atomic E-state index is 13.1. The van der Waals surface area contributed by atoms with Crippen LogP contribution in [0.15, 0.2) is 90.1 Å². The van der Waals surface area contributed by atoms with Gasteiger partial charge in [-0.1, -0.05) is 36.4 Å². The lowest BCUT2D eigenvalue weighted by Crippen LogP contribution is -2.50. The van der Waals surface area contributed by atoms with Crippen LogP contribution >= 0.6 is 0 Å². The Hall–Kier alpha value is -3.91. The van der Waals surface area contributed by atoms with Gasteiger partial charge in [0.1, 0.15) is 5.78 Å². The van der Waals surface area contributed by atoms with E-state index in [0.29, 0.717) is 42.6 Å². The molecule has 1 aliphatic heterocycles. The van der Waals surface area contributed by atoms with Gasteiger partial charge in [0.05, 0.1) is 16.2 Å². The number of likely N-dealkylation sites (tertiary alicyclic amines) is 1. The van der Waals surface area contributed by atoms with E-state index in [1.165, 1.54) is 0 Å². The van der Waals surface area contributed by atoms with Crippen molar-refractivity contribution in [3.63, 3.8) is 0 Å². The first-order valence-corrected chi connectivity index (χ1v) is 13.4. The molecular weight excluding hydrogens is 474 g/mol. The average molecular weight is 500 g/mol. The zero-order chi connectivity index (χ0) is 25.1. The van der Waals surface area contributed by atoms with Crippen molar-refractivity contribution in [2.24, 2.45) is 5.92 Å². The fraction of sp³-hybridized carbons (Fsp3) is 0.214. The monoisotopic (exact) mass is 499 g/mol. The lowest BCUT2D eigenvalue weighted by Gasteiger charge is -2.39. The highest BCUT2D eigenvalue weighted by atomic mass is 32.2. The average Bonchev–Trinajstić information content (AvgIpc) is 2.86. The van der Waals surface area contributed by atoms with Crippen molar-refractivity contribution < 1.29 is 18.0 Å². The molecule has 0 N–H and O–H groups in total. The summed E-state index contributed by atoms with van der Waals surface area (Å²) in [5.74, 6) is -0.0147. The van der Waals surface area contributed by atoms with Crippen LogP contribution < -0.4 is 0 Å². The Labute approximate surface area is 209 Å². The quantitative estimate of drug-likeness (QED) is 0.365. The lowest BCUT2D eigenvalue weighted by molar-refractivity contribution is -0.120. The highest BCUT2D eigenvalue weighted by Gasteiger charge is 2.32. The molecule has 1 fully saturated rings. The van der Waals surface area contributed by atoms with Crippen molar-refractivity contribution in [1.82, 2.24) is 14.9 Å². The number of Topliss-reactive ketones (excluding diaryl/α,β-unsaturated/α-hetero) is 1. The van der Waals surface area contributed by atoms with Crippen LogP contribution in [0.3, 0.4) is 0 Å². The number of para-hydroxylation sites is 1. The molecule has 2 aromatic carbocycles. The second-order valence-electron chi connectivity index (χ2n) is 9.10. The Morgan fingerprint density at radius 2 is 1.61 bits per heavy atom. The van der Waals surface area contributed by atoms with E-state index in [0.717, 1.165) is 11.1 Å². The summed E-state index contributed by atoms with van der Waals surface area (Å²) in [6, 6.07) is 20.9. The van der Waals surface area contributed by atoms with Gasteiger partial charge in [-0.25, -0.2) is 8.42 Å². The van der Waals surface area contributed by atoms with E-state index < -0.39 is 9.84 Å². The molecule has 4 aromatic rings. The molecule has 0 atom stereocenters. The fourth-order valence-corrected chi connectivity index (χ4v) is 6.05. The summed E-state index contributed by atoms with van der Waals surface area (Å²) in [6.07, 6.45) is 4.00. The second-order valence-corrected chi connectivity index (χ2v) is 11.1. The smallest absolute Gasteiger partial charge is 0.253 e. The van der Waals surface area contributed by atoms with Crippen LogP contribution in [0.1, 0.15) is 28.0 Å². The number of rotatable bonds is 8. The molecule has 0 unspecified atom stereocenters. The van der Waals surface area contributed by atoms with Gasteiger partial charge in [0, 0.05) is 60.9 Å². The maximum Gasteiger partial charge on any atom is 0.253 e. The van der Waals surface area contributed by atoms with E-state index in [1.54, 1.807) is 59.8 Å². The Morgan fingerprint density at radius 1 is 0.861 bits per heavy atom. The van der Waals surface area contributed by atoms with Crippen molar-refractivity contribution in [3.8, 4) is 0 Å². The molecule has 7 nitrogen and oxygen atoms in total. The summed E-state index contributed by atoms with van der Waals surface area (Å²) in [7, 11) is -3.62. The SMILES string of the molecule is O=C(Cc1ccccn1)CC1CN(C(=O)c2ccc(CS(=O)(=O)c3cccc4cccnc34)cc2)C1. The summed E-state index contributed by atoms with van der Waals surface area (Å²) in [4.78, 5) is 35.5. The summed E-state index contributed by atoms with van der Waals surface area (Å²) in [5.41, 5.74) is 2.31. The van der Waals surface area contributed by atoms with Gasteiger partial charge in [0.2, 0.25) is 0 Å². The molecule has 2 aromatic heterocycles. The van der Waals surface area contributed by atoms with Crippen molar-refractivity contribution in [3.05, 3.63) is 102 Å². The fourth-order valence-electron chi connectivity index (χ4n) is 4.51. The zero-order valence-corrected chi connectivity index (χ0v) is 20.4. The van der Waals surface area contributed by atoms with Crippen LogP contribution in [0.4, 0.5) is 0 Å². The zero-order valence-electron chi connectivity index (χ0n) is 19.6. The van der Waals surface area contributed by atoms with E-state index in [2.05, 4.69) is 9.97 Å². The number of hydrogen-bond donors (Lipinski definition) is 0. The van der Waals surface area contributed by atoms with Crippen molar-refractivity contribution >= 4 is 32.4 Å². The maximum absolute atomic E-state index is 13.1. The van der Waals surface area contributed by atoms with E-state index >= 15 is 0 Å². The van der Waals surface area contributed by atoms with Crippen LogP contribution in [0.25, 0.3) is 10.9 Å². The van der Waals surface area contributed by atoms with Crippen LogP contribution in [0.5, 0.6) is 0 Å². The largest absolute Gasteiger partial charge is 0.338 e. The number of amides is 1. The Kier molecular flexibility index (Phi) is 6.61. The number of aromatic nitrogens is 2. The summed E-state index contributed by atoms with van der Waals surface area (Å²) in [5, 5.41) is 0.769. The Morgan fingerprint density at radius 3 is 2.36 bits per heavy atom. The number of ketones is 1. The summed E-state index contributed by atoms with van der Waals surface area (Å²) < 4.78 is 26.2. The number of benzene rings is 2. The molecule has 0 bridgehead atoms. The predicted molar refractivity (Wildman–Crippen MR) is 136 cm³/mol. The van der Waals surface area contributed by atoms with Crippen molar-refractivity contribution in [2.75, 3.05) is 13.1 Å². The number of carbonyl (C=O) groups excluding carboxylic acids is 2. The molecule has 1 aliphatic rings. The number of carbonyl (C=O) groups is 2. The first kappa shape index (κ1) is 23.8. The molecule has 0 saturated carbocycles. The number of nitrogens with zero attached hydrogens (tertiary/aromatic N) is 3. The van der Waals surface area contributed by atoms with Crippen LogP contribution in [-0.2, 0) is 26.8 Å². The van der Waals surface area contributed by atoms with Crippen LogP contribution in [0.2, 0.25) is 0 Å². The third-order valence-corrected chi connectivity index (χ3v) is 8.07. The van der Waals surface area contributed by atoms with Gasteiger partial charge < -0.3 is 4.90 Å². The number of pyridine rings is 2. The highest BCUT2D eigenvalue weighted by Crippen LogP contribution is 2.25. The van der Waals surface area contributed by atoms with Crippen molar-refractivity contribution in [2.45, 2.75) is 23.5 Å². The molecular formula is C28H25N3O4S. The summed E-state index contributed by atoms with van der Waals surface area (Å²) in [6.45, 7) is 1.08. The minimum absolute atomic E-state index is 0.115. The molecule has 182 valence electrons. The van der Waals surface area contributed by atoms with E-state index in [4.69, 9.17) is 0 Å². The van der Waals surface area contributed by atoms with Crippen LogP contribution in [0, 0.1) is 5.92 Å². The van der Waals surface area contributed by atoms with E-state index in [9.17, 15) is 18.0 Å². The molecule has 8 heteroatoms. The molecule has 1 amide bonds. The second kappa shape index (κ2) is 9.99. The van der Waals surface area contributed by atoms with Gasteiger partial charge in [-0.15, -0.1) is 0 Å². The third-order valence-electron chi connectivity index (χ3n) is 6.35. The number of hydrogen-bond acceptors (Lipinski definition) is 6. The van der Waals surface area contributed by atoms with Gasteiger partial charge >= 0.3 is 0 Å². The van der Waals surface area contributed by atoms with Gasteiger partial charge in [-0.3, -0.25) is 19.6 Å². The molecule has 1 saturated heterocycles. The topological polar surface area (TPSA) is 97.3 Å². The van der Waals surface area contributed by atoms with Gasteiger partial charge in [-0.05, 0) is 42.0 Å². The predicted octanol–water partition coefficient (Wildman–Crippen LogP) is 3.88. The molecule has 36 heavy (non-hydrogen) atoms.